The number of benzene rings is 2. The summed E-state index contributed by atoms with van der Waals surface area (Å²) in [4.78, 5) is 33.7. The highest BCUT2D eigenvalue weighted by atomic mass is 19.1. The molecule has 0 fully saturated rings. The van der Waals surface area contributed by atoms with Crippen LogP contribution in [0.5, 0.6) is 0 Å². The van der Waals surface area contributed by atoms with E-state index in [1.54, 1.807) is 18.2 Å². The number of halogens is 1. The van der Waals surface area contributed by atoms with Gasteiger partial charge in [-0.05, 0) is 43.2 Å². The van der Waals surface area contributed by atoms with Gasteiger partial charge in [-0.2, -0.15) is 5.10 Å². The van der Waals surface area contributed by atoms with E-state index in [1.807, 2.05) is 18.2 Å². The van der Waals surface area contributed by atoms with Gasteiger partial charge in [-0.15, -0.1) is 0 Å². The van der Waals surface area contributed by atoms with E-state index in [0.717, 1.165) is 23.8 Å². The Morgan fingerprint density at radius 3 is 2.64 bits per heavy atom. The first-order valence-electron chi connectivity index (χ1n) is 10.8. The first-order chi connectivity index (χ1) is 16.1. The highest BCUT2D eigenvalue weighted by molar-refractivity contribution is 5.98. The van der Waals surface area contributed by atoms with Crippen molar-refractivity contribution in [3.63, 3.8) is 0 Å². The third kappa shape index (κ3) is 5.92. The summed E-state index contributed by atoms with van der Waals surface area (Å²) in [5, 5.41) is 14.1. The number of carbonyl (C=O) groups excluding carboxylic acids is 1. The minimum Gasteiger partial charge on any atom is -0.368 e. The Hall–Kier alpha value is -3.79. The largest absolute Gasteiger partial charge is 0.368 e. The molecule has 0 bridgehead atoms. The smallest absolute Gasteiger partial charge is 0.272 e. The number of nitrogens with zero attached hydrogens (tertiary/aromatic N) is 2. The van der Waals surface area contributed by atoms with Crippen molar-refractivity contribution in [1.82, 2.24) is 21.0 Å². The van der Waals surface area contributed by atoms with Gasteiger partial charge >= 0.3 is 0 Å². The predicted molar refractivity (Wildman–Crippen MR) is 123 cm³/mol. The average Bonchev–Trinajstić information content (AvgIpc) is 3.31. The molecule has 2 heterocycles. The first-order valence-corrected chi connectivity index (χ1v) is 10.8. The van der Waals surface area contributed by atoms with Crippen LogP contribution in [-0.4, -0.2) is 41.3 Å². The number of rotatable bonds is 10. The molecule has 0 spiro atoms. The van der Waals surface area contributed by atoms with Crippen LogP contribution in [0.4, 0.5) is 10.2 Å². The van der Waals surface area contributed by atoms with E-state index >= 15 is 0 Å². The number of aromatic amines is 1. The van der Waals surface area contributed by atoms with E-state index in [4.69, 9.17) is 4.84 Å². The number of amides is 1. The number of unbranched alkanes of at least 4 members (excludes halogenated alkanes) is 1. The molecule has 10 heteroatoms. The molecular formula is C23H25FN6O3. The Balaban J connectivity index is 1.12. The molecule has 1 aliphatic heterocycles. The number of hydroxylamine groups is 1. The number of carbonyl (C=O) groups is 1. The Morgan fingerprint density at radius 2 is 1.82 bits per heavy atom. The number of H-pyrrole nitrogens is 1. The summed E-state index contributed by atoms with van der Waals surface area (Å²) in [5.41, 5.74) is 3.24. The number of fused-ring (bicyclic) bond motifs is 1. The van der Waals surface area contributed by atoms with Gasteiger partial charge in [0.05, 0.1) is 5.39 Å². The highest BCUT2D eigenvalue weighted by Crippen LogP contribution is 2.16. The monoisotopic (exact) mass is 452 g/mol. The maximum atomic E-state index is 13.0. The predicted octanol–water partition coefficient (Wildman–Crippen LogP) is 2.46. The van der Waals surface area contributed by atoms with Gasteiger partial charge in [0.25, 0.3) is 5.56 Å². The fourth-order valence-corrected chi connectivity index (χ4v) is 3.46. The van der Waals surface area contributed by atoms with Gasteiger partial charge in [0.2, 0.25) is 5.91 Å². The molecule has 2 aromatic carbocycles. The van der Waals surface area contributed by atoms with E-state index in [1.165, 1.54) is 12.1 Å². The molecule has 9 nitrogen and oxygen atoms in total. The van der Waals surface area contributed by atoms with Crippen LogP contribution in [0, 0.1) is 5.82 Å². The van der Waals surface area contributed by atoms with Gasteiger partial charge in [0.1, 0.15) is 5.82 Å². The normalized spacial score (nSPS) is 15.2. The van der Waals surface area contributed by atoms with Gasteiger partial charge in [-0.3, -0.25) is 9.59 Å². The molecule has 0 aliphatic carbocycles. The summed E-state index contributed by atoms with van der Waals surface area (Å²) in [6.45, 7) is 1.23. The van der Waals surface area contributed by atoms with Crippen LogP contribution >= 0.6 is 0 Å². The summed E-state index contributed by atoms with van der Waals surface area (Å²) in [6.07, 6.45) is 1.90. The Morgan fingerprint density at radius 1 is 1.06 bits per heavy atom. The number of hydrogen-bond acceptors (Lipinski definition) is 7. The zero-order chi connectivity index (χ0) is 23.0. The van der Waals surface area contributed by atoms with Crippen molar-refractivity contribution >= 4 is 28.3 Å². The number of aliphatic imine (C=N–C) groups is 1. The van der Waals surface area contributed by atoms with E-state index in [9.17, 15) is 14.0 Å². The SMILES string of the molecule is O=C(CCC1N=C(c2ccc(F)cc2)NO1)NCCCCNc1n[nH]c(=O)c2ccccc12. The zero-order valence-electron chi connectivity index (χ0n) is 17.9. The number of amidine groups is 1. The molecule has 0 saturated heterocycles. The van der Waals surface area contributed by atoms with Gasteiger partial charge in [-0.25, -0.2) is 24.8 Å². The lowest BCUT2D eigenvalue weighted by Gasteiger charge is -2.09. The fourth-order valence-electron chi connectivity index (χ4n) is 3.46. The summed E-state index contributed by atoms with van der Waals surface area (Å²) >= 11 is 0. The molecule has 1 atom stereocenters. The van der Waals surface area contributed by atoms with Gasteiger partial charge < -0.3 is 10.6 Å². The lowest BCUT2D eigenvalue weighted by atomic mass is 10.2. The van der Waals surface area contributed by atoms with E-state index in [2.05, 4.69) is 31.3 Å². The molecule has 1 unspecified atom stereocenters. The zero-order valence-corrected chi connectivity index (χ0v) is 17.9. The van der Waals surface area contributed by atoms with Crippen LogP contribution in [0.25, 0.3) is 10.8 Å². The van der Waals surface area contributed by atoms with Crippen LogP contribution in [0.2, 0.25) is 0 Å². The topological polar surface area (TPSA) is 120 Å². The Kier molecular flexibility index (Phi) is 7.26. The summed E-state index contributed by atoms with van der Waals surface area (Å²) in [6, 6.07) is 13.2. The maximum absolute atomic E-state index is 13.0. The Bertz CT molecular complexity index is 1190. The van der Waals surface area contributed by atoms with Crippen molar-refractivity contribution in [3.8, 4) is 0 Å². The molecule has 1 aromatic heterocycles. The van der Waals surface area contributed by atoms with Crippen molar-refractivity contribution in [2.45, 2.75) is 31.9 Å². The third-order valence-corrected chi connectivity index (χ3v) is 5.21. The summed E-state index contributed by atoms with van der Waals surface area (Å²) in [5.74, 6) is 0.784. The summed E-state index contributed by atoms with van der Waals surface area (Å²) in [7, 11) is 0. The number of nitrogens with one attached hydrogen (secondary N) is 4. The Labute approximate surface area is 189 Å². The molecule has 4 rings (SSSR count). The minimum absolute atomic E-state index is 0.0645. The van der Waals surface area contributed by atoms with Crippen molar-refractivity contribution < 1.29 is 14.0 Å². The number of hydrogen-bond donors (Lipinski definition) is 4. The second-order valence-electron chi connectivity index (χ2n) is 7.63. The quantitative estimate of drug-likeness (QED) is 0.351. The van der Waals surface area contributed by atoms with Crippen LogP contribution in [0.3, 0.4) is 0 Å². The van der Waals surface area contributed by atoms with Crippen LogP contribution in [-0.2, 0) is 9.63 Å². The van der Waals surface area contributed by atoms with E-state index in [0.29, 0.717) is 36.6 Å². The summed E-state index contributed by atoms with van der Waals surface area (Å²) < 4.78 is 13.0. The average molecular weight is 452 g/mol. The van der Waals surface area contributed by atoms with Crippen LogP contribution in [0.15, 0.2) is 58.3 Å². The number of aromatic nitrogens is 2. The highest BCUT2D eigenvalue weighted by Gasteiger charge is 2.20. The van der Waals surface area contributed by atoms with Gasteiger partial charge in [0, 0.05) is 36.9 Å². The van der Waals surface area contributed by atoms with Crippen LogP contribution in [0.1, 0.15) is 31.2 Å². The molecule has 33 heavy (non-hydrogen) atoms. The first kappa shape index (κ1) is 22.4. The van der Waals surface area contributed by atoms with Crippen molar-refractivity contribution in [2.75, 3.05) is 18.4 Å². The minimum atomic E-state index is -0.459. The molecule has 1 aliphatic rings. The molecular weight excluding hydrogens is 427 g/mol. The number of anilines is 1. The lowest BCUT2D eigenvalue weighted by Crippen LogP contribution is -2.26. The molecule has 4 N–H and O–H groups in total. The molecule has 3 aromatic rings. The second-order valence-corrected chi connectivity index (χ2v) is 7.63. The van der Waals surface area contributed by atoms with Crippen molar-refractivity contribution in [2.24, 2.45) is 4.99 Å². The lowest BCUT2D eigenvalue weighted by molar-refractivity contribution is -0.121. The molecule has 0 radical (unpaired) electrons. The van der Waals surface area contributed by atoms with E-state index in [-0.39, 0.29) is 23.7 Å². The van der Waals surface area contributed by atoms with Crippen LogP contribution < -0.4 is 21.7 Å². The van der Waals surface area contributed by atoms with E-state index < -0.39 is 6.23 Å². The standard InChI is InChI=1S/C23H25FN6O3/c24-16-9-7-15(8-10-16)21-27-20(33-30-21)12-11-19(31)25-13-3-4-14-26-22-17-5-1-2-6-18(17)23(32)29-28-22/h1-2,5-10,20H,3-4,11-14H2,(H,25,31)(H,26,28)(H,27,30)(H,29,32). The van der Waals surface area contributed by atoms with Crippen molar-refractivity contribution in [3.05, 3.63) is 70.3 Å². The molecule has 0 saturated carbocycles. The van der Waals surface area contributed by atoms with Gasteiger partial charge in [0.15, 0.2) is 17.9 Å². The third-order valence-electron chi connectivity index (χ3n) is 5.21. The second kappa shape index (κ2) is 10.7. The van der Waals surface area contributed by atoms with Gasteiger partial charge in [-0.1, -0.05) is 18.2 Å². The van der Waals surface area contributed by atoms with Crippen molar-refractivity contribution in [1.29, 1.82) is 0 Å². The fraction of sp³-hybridized carbons (Fsp3) is 0.304. The molecule has 1 amide bonds. The maximum Gasteiger partial charge on any atom is 0.272 e. The molecule has 172 valence electrons.